The van der Waals surface area contributed by atoms with Gasteiger partial charge < -0.3 is 5.32 Å². The molecule has 3 nitrogen and oxygen atoms in total. The molecule has 0 saturated heterocycles. The van der Waals surface area contributed by atoms with Crippen molar-refractivity contribution in [1.82, 2.24) is 4.98 Å². The fourth-order valence-corrected chi connectivity index (χ4v) is 2.61. The van der Waals surface area contributed by atoms with Crippen LogP contribution in [0.2, 0.25) is 0 Å². The molecule has 2 rings (SSSR count). The Labute approximate surface area is 117 Å². The van der Waals surface area contributed by atoms with E-state index in [-0.39, 0.29) is 21.9 Å². The third kappa shape index (κ3) is 2.67. The number of carbonyl (C=O) groups excluding carboxylic acids is 1. The lowest BCUT2D eigenvalue weighted by atomic mass is 10.0. The fourth-order valence-electron chi connectivity index (χ4n) is 1.79. The number of hydrogen-bond donors (Lipinski definition) is 1. The van der Waals surface area contributed by atoms with Gasteiger partial charge in [0.2, 0.25) is 0 Å². The summed E-state index contributed by atoms with van der Waals surface area (Å²) >= 11 is 1.04. The molecule has 0 aliphatic heterocycles. The predicted molar refractivity (Wildman–Crippen MR) is 72.1 cm³/mol. The van der Waals surface area contributed by atoms with E-state index in [0.29, 0.717) is 5.13 Å². The van der Waals surface area contributed by atoms with E-state index in [0.717, 1.165) is 17.4 Å². The van der Waals surface area contributed by atoms with Gasteiger partial charge in [0.15, 0.2) is 10.9 Å². The van der Waals surface area contributed by atoms with E-state index in [1.807, 2.05) is 0 Å². The van der Waals surface area contributed by atoms with Crippen molar-refractivity contribution in [2.24, 2.45) is 0 Å². The van der Waals surface area contributed by atoms with Crippen molar-refractivity contribution in [2.75, 3.05) is 12.4 Å². The first-order valence-corrected chi connectivity index (χ1v) is 6.52. The van der Waals surface area contributed by atoms with E-state index >= 15 is 0 Å². The van der Waals surface area contributed by atoms with Crippen molar-refractivity contribution in [3.8, 4) is 11.3 Å². The van der Waals surface area contributed by atoms with Gasteiger partial charge in [-0.05, 0) is 6.07 Å². The summed E-state index contributed by atoms with van der Waals surface area (Å²) in [6, 6.07) is 5.11. The van der Waals surface area contributed by atoms with Gasteiger partial charge in [-0.15, -0.1) is 0 Å². The molecule has 0 radical (unpaired) electrons. The number of halogens is 3. The predicted octanol–water partition coefficient (Wildman–Crippen LogP) is 4.07. The monoisotopic (exact) mass is 300 g/mol. The van der Waals surface area contributed by atoms with Gasteiger partial charge in [0.05, 0.1) is 16.1 Å². The largest absolute Gasteiger partial charge is 0.417 e. The number of nitrogens with zero attached hydrogens (tertiary/aromatic N) is 1. The summed E-state index contributed by atoms with van der Waals surface area (Å²) in [7, 11) is 1.60. The lowest BCUT2D eigenvalue weighted by Gasteiger charge is -2.11. The van der Waals surface area contributed by atoms with Crippen molar-refractivity contribution in [3.05, 3.63) is 34.7 Å². The number of Topliss-reactive ketones (excluding diaryl/α,β-unsaturated/α-hetero) is 1. The summed E-state index contributed by atoms with van der Waals surface area (Å²) in [6.07, 6.45) is -4.49. The Morgan fingerprint density at radius 2 is 1.95 bits per heavy atom. The van der Waals surface area contributed by atoms with Crippen molar-refractivity contribution < 1.29 is 18.0 Å². The molecule has 0 aliphatic rings. The van der Waals surface area contributed by atoms with E-state index in [1.54, 1.807) is 7.05 Å². The van der Waals surface area contributed by atoms with Gasteiger partial charge in [-0.25, -0.2) is 4.98 Å². The molecule has 2 aromatic rings. The zero-order valence-electron chi connectivity index (χ0n) is 10.7. The number of rotatable bonds is 3. The van der Waals surface area contributed by atoms with Crippen molar-refractivity contribution >= 4 is 22.3 Å². The summed E-state index contributed by atoms with van der Waals surface area (Å²) < 4.78 is 39.1. The van der Waals surface area contributed by atoms with Crippen molar-refractivity contribution in [2.45, 2.75) is 13.1 Å². The molecule has 0 saturated carbocycles. The number of nitrogens with one attached hydrogen (secondary N) is 1. The minimum absolute atomic E-state index is 0.0692. The van der Waals surface area contributed by atoms with E-state index in [1.165, 1.54) is 25.1 Å². The zero-order chi connectivity index (χ0) is 14.9. The van der Waals surface area contributed by atoms with Crippen LogP contribution < -0.4 is 5.32 Å². The van der Waals surface area contributed by atoms with Gasteiger partial charge in [0.25, 0.3) is 0 Å². The minimum Gasteiger partial charge on any atom is -0.365 e. The van der Waals surface area contributed by atoms with Gasteiger partial charge in [-0.3, -0.25) is 4.79 Å². The Morgan fingerprint density at radius 1 is 1.30 bits per heavy atom. The Balaban J connectivity index is 2.69. The van der Waals surface area contributed by atoms with E-state index in [2.05, 4.69) is 10.3 Å². The van der Waals surface area contributed by atoms with Gasteiger partial charge in [-0.2, -0.15) is 13.2 Å². The molecule has 0 fully saturated rings. The average molecular weight is 300 g/mol. The molecular weight excluding hydrogens is 289 g/mol. The zero-order valence-corrected chi connectivity index (χ0v) is 11.5. The quantitative estimate of drug-likeness (QED) is 0.869. The molecule has 0 atom stereocenters. The maximum Gasteiger partial charge on any atom is 0.417 e. The molecule has 0 unspecified atom stereocenters. The number of benzene rings is 1. The number of anilines is 1. The fraction of sp³-hybridized carbons (Fsp3) is 0.231. The standard InChI is InChI=1S/C13H11F3N2OS/c1-7(19)11-10(18-12(17-2)20-11)8-5-3-4-6-9(8)13(14,15)16/h3-6H,1-2H3,(H,17,18). The van der Waals surface area contributed by atoms with Crippen LogP contribution in [0.5, 0.6) is 0 Å². The summed E-state index contributed by atoms with van der Waals surface area (Å²) in [5.41, 5.74) is -0.807. The Bertz CT molecular complexity index is 649. The molecule has 1 aromatic heterocycles. The molecule has 1 heterocycles. The van der Waals surface area contributed by atoms with Crippen LogP contribution in [0.15, 0.2) is 24.3 Å². The number of thiazole rings is 1. The van der Waals surface area contributed by atoms with Crippen LogP contribution in [0.4, 0.5) is 18.3 Å². The van der Waals surface area contributed by atoms with Crippen LogP contribution >= 0.6 is 11.3 Å². The van der Waals surface area contributed by atoms with Crippen LogP contribution in [0.3, 0.4) is 0 Å². The second-order valence-corrected chi connectivity index (χ2v) is 5.05. The highest BCUT2D eigenvalue weighted by molar-refractivity contribution is 7.18. The highest BCUT2D eigenvalue weighted by atomic mass is 32.1. The van der Waals surface area contributed by atoms with Crippen LogP contribution in [-0.2, 0) is 6.18 Å². The molecule has 0 spiro atoms. The number of alkyl halides is 3. The number of aromatic nitrogens is 1. The highest BCUT2D eigenvalue weighted by Gasteiger charge is 2.34. The first kappa shape index (κ1) is 14.5. The lowest BCUT2D eigenvalue weighted by Crippen LogP contribution is -2.08. The minimum atomic E-state index is -4.49. The van der Waals surface area contributed by atoms with Crippen LogP contribution in [-0.4, -0.2) is 17.8 Å². The molecule has 1 N–H and O–H groups in total. The summed E-state index contributed by atoms with van der Waals surface area (Å²) in [5, 5.41) is 3.15. The second kappa shape index (κ2) is 5.24. The van der Waals surface area contributed by atoms with E-state index in [9.17, 15) is 18.0 Å². The number of hydrogen-bond acceptors (Lipinski definition) is 4. The molecule has 0 amide bonds. The Kier molecular flexibility index (Phi) is 3.80. The van der Waals surface area contributed by atoms with Crippen molar-refractivity contribution in [1.29, 1.82) is 0 Å². The Hall–Kier alpha value is -1.89. The van der Waals surface area contributed by atoms with Crippen molar-refractivity contribution in [3.63, 3.8) is 0 Å². The summed E-state index contributed by atoms with van der Waals surface area (Å²) in [4.78, 5) is 15.9. The maximum absolute atomic E-state index is 13.0. The van der Waals surface area contributed by atoms with Gasteiger partial charge in [-0.1, -0.05) is 29.5 Å². The second-order valence-electron chi connectivity index (χ2n) is 4.05. The smallest absolute Gasteiger partial charge is 0.365 e. The molecule has 20 heavy (non-hydrogen) atoms. The first-order valence-electron chi connectivity index (χ1n) is 5.70. The van der Waals surface area contributed by atoms with Crippen LogP contribution in [0.1, 0.15) is 22.2 Å². The maximum atomic E-state index is 13.0. The van der Waals surface area contributed by atoms with Crippen LogP contribution in [0, 0.1) is 0 Å². The molecule has 1 aromatic carbocycles. The van der Waals surface area contributed by atoms with Gasteiger partial charge in [0.1, 0.15) is 0 Å². The normalized spacial score (nSPS) is 11.4. The van der Waals surface area contributed by atoms with Crippen LogP contribution in [0.25, 0.3) is 11.3 Å². The van der Waals surface area contributed by atoms with E-state index in [4.69, 9.17) is 0 Å². The summed E-state index contributed by atoms with van der Waals surface area (Å²) in [6.45, 7) is 1.31. The summed E-state index contributed by atoms with van der Waals surface area (Å²) in [5.74, 6) is -0.309. The average Bonchev–Trinajstić information content (AvgIpc) is 2.82. The third-order valence-corrected chi connectivity index (χ3v) is 3.82. The first-order chi connectivity index (χ1) is 9.34. The van der Waals surface area contributed by atoms with E-state index < -0.39 is 11.7 Å². The molecule has 106 valence electrons. The molecule has 0 aliphatic carbocycles. The topological polar surface area (TPSA) is 42.0 Å². The Morgan fingerprint density at radius 3 is 2.50 bits per heavy atom. The van der Waals surface area contributed by atoms with Gasteiger partial charge >= 0.3 is 6.18 Å². The number of carbonyl (C=O) groups is 1. The highest BCUT2D eigenvalue weighted by Crippen LogP contribution is 2.39. The third-order valence-electron chi connectivity index (χ3n) is 2.65. The molecular formula is C13H11F3N2OS. The number of ketones is 1. The SMILES string of the molecule is CNc1nc(-c2ccccc2C(F)(F)F)c(C(C)=O)s1. The van der Waals surface area contributed by atoms with Gasteiger partial charge in [0, 0.05) is 19.5 Å². The molecule has 0 bridgehead atoms. The molecule has 7 heteroatoms. The lowest BCUT2D eigenvalue weighted by molar-refractivity contribution is -0.137.